The molecule has 0 aliphatic carbocycles. The molecule has 0 saturated carbocycles. The molecule has 0 aromatic heterocycles. The maximum absolute atomic E-state index is 13.2. The van der Waals surface area contributed by atoms with Crippen molar-refractivity contribution < 1.29 is 19.1 Å². The van der Waals surface area contributed by atoms with E-state index in [0.717, 1.165) is 16.0 Å². The van der Waals surface area contributed by atoms with E-state index in [4.69, 9.17) is 39.5 Å². The van der Waals surface area contributed by atoms with E-state index in [1.165, 1.54) is 29.8 Å². The average molecular weight is 530 g/mol. The van der Waals surface area contributed by atoms with Crippen LogP contribution in [0.25, 0.3) is 6.08 Å². The molecule has 1 heterocycles. The normalized spacial score (nSPS) is 14.9. The molecule has 0 bridgehead atoms. The van der Waals surface area contributed by atoms with Gasteiger partial charge < -0.3 is 4.74 Å². The van der Waals surface area contributed by atoms with Gasteiger partial charge in [-0.1, -0.05) is 53.0 Å². The molecule has 1 fully saturated rings. The maximum atomic E-state index is 13.2. The maximum Gasteiger partial charge on any atom is 0.335 e. The molecule has 4 amide bonds. The Hall–Kier alpha value is -3.32. The number of halogens is 3. The highest BCUT2D eigenvalue weighted by Crippen LogP contribution is 2.31. The number of urea groups is 1. The van der Waals surface area contributed by atoms with E-state index in [-0.39, 0.29) is 27.9 Å². The molecule has 3 aromatic rings. The van der Waals surface area contributed by atoms with Gasteiger partial charge in [-0.2, -0.15) is 0 Å². The van der Waals surface area contributed by atoms with Crippen molar-refractivity contribution in [2.75, 3.05) is 4.90 Å². The number of aryl methyl sites for hydroxylation is 2. The third-order valence-electron chi connectivity index (χ3n) is 5.50. The number of ether oxygens (including phenoxy) is 1. The zero-order chi connectivity index (χ0) is 25.3. The number of amides is 4. The van der Waals surface area contributed by atoms with E-state index in [0.29, 0.717) is 16.3 Å². The van der Waals surface area contributed by atoms with Gasteiger partial charge in [0.05, 0.1) is 15.7 Å². The van der Waals surface area contributed by atoms with Crippen LogP contribution in [0.4, 0.5) is 10.5 Å². The zero-order valence-corrected chi connectivity index (χ0v) is 21.0. The van der Waals surface area contributed by atoms with Crippen molar-refractivity contribution in [1.82, 2.24) is 5.32 Å². The molecule has 1 saturated heterocycles. The molecule has 0 atom stereocenters. The second-order valence-electron chi connectivity index (χ2n) is 7.95. The molecule has 178 valence electrons. The third kappa shape index (κ3) is 5.35. The molecule has 9 heteroatoms. The standard InChI is InChI=1S/C26H19Cl3N2O4/c1-14-3-4-16(9-15(14)2)13-35-23-8-5-18(27)10-17(23)11-20-24(32)30-26(34)31(25(20)33)19-6-7-21(28)22(29)12-19/h3-12H,13H2,1-2H3,(H,30,32,34)/b20-11+. The second-order valence-corrected chi connectivity index (χ2v) is 9.20. The Bertz CT molecular complexity index is 1400. The van der Waals surface area contributed by atoms with Crippen molar-refractivity contribution in [2.24, 2.45) is 0 Å². The van der Waals surface area contributed by atoms with Crippen LogP contribution in [-0.4, -0.2) is 17.8 Å². The first kappa shape index (κ1) is 24.8. The molecule has 1 aliphatic heterocycles. The highest BCUT2D eigenvalue weighted by molar-refractivity contribution is 6.43. The second kappa shape index (κ2) is 10.1. The summed E-state index contributed by atoms with van der Waals surface area (Å²) in [4.78, 5) is 39.1. The van der Waals surface area contributed by atoms with Crippen molar-refractivity contribution in [1.29, 1.82) is 0 Å². The first-order valence-corrected chi connectivity index (χ1v) is 11.6. The van der Waals surface area contributed by atoms with Crippen LogP contribution in [0.3, 0.4) is 0 Å². The number of barbiturate groups is 1. The van der Waals surface area contributed by atoms with E-state index < -0.39 is 17.8 Å². The molecule has 6 nitrogen and oxygen atoms in total. The van der Waals surface area contributed by atoms with Crippen molar-refractivity contribution in [3.63, 3.8) is 0 Å². The summed E-state index contributed by atoms with van der Waals surface area (Å²) in [5, 5.41) is 2.98. The predicted molar refractivity (Wildman–Crippen MR) is 137 cm³/mol. The van der Waals surface area contributed by atoms with E-state index in [2.05, 4.69) is 5.32 Å². The van der Waals surface area contributed by atoms with E-state index in [1.807, 2.05) is 32.0 Å². The van der Waals surface area contributed by atoms with Gasteiger partial charge in [-0.15, -0.1) is 0 Å². The van der Waals surface area contributed by atoms with Crippen LogP contribution >= 0.6 is 34.8 Å². The first-order valence-electron chi connectivity index (χ1n) is 10.5. The van der Waals surface area contributed by atoms with Crippen LogP contribution in [-0.2, 0) is 16.2 Å². The Labute approximate surface area is 217 Å². The number of hydrogen-bond donors (Lipinski definition) is 1. The summed E-state index contributed by atoms with van der Waals surface area (Å²) >= 11 is 18.2. The fourth-order valence-electron chi connectivity index (χ4n) is 3.49. The lowest BCUT2D eigenvalue weighted by Crippen LogP contribution is -2.54. The van der Waals surface area contributed by atoms with Gasteiger partial charge in [0.2, 0.25) is 0 Å². The van der Waals surface area contributed by atoms with Gasteiger partial charge in [0.25, 0.3) is 11.8 Å². The number of nitrogens with one attached hydrogen (secondary N) is 1. The summed E-state index contributed by atoms with van der Waals surface area (Å²) in [7, 11) is 0. The van der Waals surface area contributed by atoms with Crippen LogP contribution in [0.15, 0.2) is 60.2 Å². The Kier molecular flexibility index (Phi) is 7.17. The zero-order valence-electron chi connectivity index (χ0n) is 18.7. The topological polar surface area (TPSA) is 75.7 Å². The highest BCUT2D eigenvalue weighted by Gasteiger charge is 2.37. The summed E-state index contributed by atoms with van der Waals surface area (Å²) < 4.78 is 5.99. The fourth-order valence-corrected chi connectivity index (χ4v) is 3.96. The number of hydrogen-bond acceptors (Lipinski definition) is 4. The van der Waals surface area contributed by atoms with Crippen LogP contribution in [0.2, 0.25) is 15.1 Å². The Morgan fingerprint density at radius 3 is 2.37 bits per heavy atom. The molecule has 0 unspecified atom stereocenters. The van der Waals surface area contributed by atoms with Gasteiger partial charge in [0.15, 0.2) is 0 Å². The number of imide groups is 2. The van der Waals surface area contributed by atoms with Crippen molar-refractivity contribution in [3.05, 3.63) is 97.5 Å². The largest absolute Gasteiger partial charge is 0.488 e. The Morgan fingerprint density at radius 2 is 1.66 bits per heavy atom. The molecule has 3 aromatic carbocycles. The number of rotatable bonds is 5. The lowest BCUT2D eigenvalue weighted by molar-refractivity contribution is -0.122. The molecule has 1 N–H and O–H groups in total. The van der Waals surface area contributed by atoms with Gasteiger partial charge in [-0.05, 0) is 73.0 Å². The Balaban J connectivity index is 1.67. The molecule has 0 spiro atoms. The van der Waals surface area contributed by atoms with Crippen molar-refractivity contribution in [3.8, 4) is 5.75 Å². The van der Waals surface area contributed by atoms with Crippen LogP contribution < -0.4 is 15.0 Å². The highest BCUT2D eigenvalue weighted by atomic mass is 35.5. The van der Waals surface area contributed by atoms with Gasteiger partial charge in [-0.25, -0.2) is 9.69 Å². The van der Waals surface area contributed by atoms with Gasteiger partial charge in [0.1, 0.15) is 17.9 Å². The molecule has 35 heavy (non-hydrogen) atoms. The Morgan fingerprint density at radius 1 is 0.886 bits per heavy atom. The number of benzene rings is 3. The van der Waals surface area contributed by atoms with Crippen LogP contribution in [0, 0.1) is 13.8 Å². The van der Waals surface area contributed by atoms with Gasteiger partial charge in [0, 0.05) is 10.6 Å². The summed E-state index contributed by atoms with van der Waals surface area (Å²) in [6, 6.07) is 14.3. The number of carbonyl (C=O) groups excluding carboxylic acids is 3. The average Bonchev–Trinajstić information content (AvgIpc) is 2.80. The predicted octanol–water partition coefficient (Wildman–Crippen LogP) is 6.51. The van der Waals surface area contributed by atoms with Gasteiger partial charge in [-0.3, -0.25) is 14.9 Å². The van der Waals surface area contributed by atoms with Crippen LogP contribution in [0.1, 0.15) is 22.3 Å². The van der Waals surface area contributed by atoms with Crippen molar-refractivity contribution in [2.45, 2.75) is 20.5 Å². The number of anilines is 1. The number of nitrogens with zero attached hydrogens (tertiary/aromatic N) is 1. The minimum Gasteiger partial charge on any atom is -0.488 e. The fraction of sp³-hybridized carbons (Fsp3) is 0.115. The van der Waals surface area contributed by atoms with E-state index in [1.54, 1.807) is 18.2 Å². The van der Waals surface area contributed by atoms with Gasteiger partial charge >= 0.3 is 6.03 Å². The quantitative estimate of drug-likeness (QED) is 0.302. The molecular formula is C26H19Cl3N2O4. The lowest BCUT2D eigenvalue weighted by Gasteiger charge is -2.26. The summed E-state index contributed by atoms with van der Waals surface area (Å²) in [5.74, 6) is -1.24. The van der Waals surface area contributed by atoms with Crippen molar-refractivity contribution >= 4 is 64.4 Å². The van der Waals surface area contributed by atoms with E-state index in [9.17, 15) is 14.4 Å². The molecule has 1 aliphatic rings. The summed E-state index contributed by atoms with van der Waals surface area (Å²) in [6.07, 6.45) is 1.34. The SMILES string of the molecule is Cc1ccc(COc2ccc(Cl)cc2/C=C2\C(=O)NC(=O)N(c3ccc(Cl)c(Cl)c3)C2=O)cc1C. The molecular weight excluding hydrogens is 511 g/mol. The van der Waals surface area contributed by atoms with E-state index >= 15 is 0 Å². The van der Waals surface area contributed by atoms with Crippen LogP contribution in [0.5, 0.6) is 5.75 Å². The summed E-state index contributed by atoms with van der Waals surface area (Å²) in [6.45, 7) is 4.32. The molecule has 0 radical (unpaired) electrons. The first-order chi connectivity index (χ1) is 16.6. The smallest absolute Gasteiger partial charge is 0.335 e. The molecule has 4 rings (SSSR count). The number of carbonyl (C=O) groups is 3. The lowest BCUT2D eigenvalue weighted by atomic mass is 10.1. The summed E-state index contributed by atoms with van der Waals surface area (Å²) in [5.41, 5.74) is 3.58. The third-order valence-corrected chi connectivity index (χ3v) is 6.47. The minimum absolute atomic E-state index is 0.157. The minimum atomic E-state index is -0.896. The monoisotopic (exact) mass is 528 g/mol.